The van der Waals surface area contributed by atoms with Crippen LogP contribution in [0.2, 0.25) is 0 Å². The zero-order chi connectivity index (χ0) is 15.5. The predicted molar refractivity (Wildman–Crippen MR) is 84.7 cm³/mol. The van der Waals surface area contributed by atoms with Gasteiger partial charge >= 0.3 is 0 Å². The van der Waals surface area contributed by atoms with E-state index >= 15 is 0 Å². The number of hydrogen-bond acceptors (Lipinski definition) is 3. The van der Waals surface area contributed by atoms with Crippen LogP contribution in [-0.2, 0) is 13.0 Å². The summed E-state index contributed by atoms with van der Waals surface area (Å²) in [7, 11) is 0. The number of aliphatic hydroxyl groups excluding tert-OH is 2. The van der Waals surface area contributed by atoms with E-state index in [1.807, 2.05) is 12.1 Å². The lowest BCUT2D eigenvalue weighted by Gasteiger charge is -2.50. The Morgan fingerprint density at radius 3 is 2.77 bits per heavy atom. The highest BCUT2D eigenvalue weighted by molar-refractivity contribution is 5.45. The molecule has 2 fully saturated rings. The van der Waals surface area contributed by atoms with Gasteiger partial charge in [0.05, 0.1) is 12.7 Å². The molecule has 3 heteroatoms. The summed E-state index contributed by atoms with van der Waals surface area (Å²) in [6.07, 6.45) is 6.37. The number of aryl methyl sites for hydroxylation is 1. The van der Waals surface area contributed by atoms with Crippen LogP contribution in [-0.4, -0.2) is 21.4 Å². The normalized spacial score (nSPS) is 40.0. The van der Waals surface area contributed by atoms with Gasteiger partial charge in [-0.15, -0.1) is 0 Å². The molecule has 3 nitrogen and oxygen atoms in total. The van der Waals surface area contributed by atoms with Crippen LogP contribution in [0.25, 0.3) is 0 Å². The quantitative estimate of drug-likeness (QED) is 0.747. The van der Waals surface area contributed by atoms with Gasteiger partial charge in [0.2, 0.25) is 0 Å². The van der Waals surface area contributed by atoms with E-state index in [9.17, 15) is 15.3 Å². The molecule has 1 aromatic carbocycles. The number of benzene rings is 1. The fourth-order valence-electron chi connectivity index (χ4n) is 5.75. The number of hydrogen-bond donors (Lipinski definition) is 3. The van der Waals surface area contributed by atoms with Crippen molar-refractivity contribution in [2.24, 2.45) is 17.3 Å². The van der Waals surface area contributed by atoms with Gasteiger partial charge in [-0.25, -0.2) is 0 Å². The van der Waals surface area contributed by atoms with Crippen LogP contribution in [0.1, 0.15) is 61.6 Å². The highest BCUT2D eigenvalue weighted by Gasteiger charge is 2.54. The average Bonchev–Trinajstić information content (AvgIpc) is 2.82. The molecule has 2 saturated carbocycles. The van der Waals surface area contributed by atoms with Crippen molar-refractivity contribution in [2.75, 3.05) is 0 Å². The van der Waals surface area contributed by atoms with E-state index < -0.39 is 0 Å². The minimum atomic E-state index is -0.132. The Morgan fingerprint density at radius 1 is 1.18 bits per heavy atom. The molecule has 0 aliphatic heterocycles. The molecule has 0 saturated heterocycles. The summed E-state index contributed by atoms with van der Waals surface area (Å²) in [4.78, 5) is 0. The Kier molecular flexibility index (Phi) is 3.28. The Morgan fingerprint density at radius 2 is 2.00 bits per heavy atom. The van der Waals surface area contributed by atoms with E-state index in [4.69, 9.17) is 0 Å². The standard InChI is InChI=1S/C19H26O3/c1-19-7-6-13-14(16(19)4-5-18(19)22)3-2-11-9-17(21)12(10-20)8-15(11)13/h8-9,13-14,16,18,20-22H,2-7,10H2,1H3/t13-,14+,16-,18+,19-/m0/s1. The molecule has 0 radical (unpaired) electrons. The van der Waals surface area contributed by atoms with Crippen molar-refractivity contribution < 1.29 is 15.3 Å². The van der Waals surface area contributed by atoms with E-state index in [1.165, 1.54) is 17.5 Å². The Labute approximate surface area is 132 Å². The smallest absolute Gasteiger partial charge is 0.121 e. The fourth-order valence-corrected chi connectivity index (χ4v) is 5.75. The second kappa shape index (κ2) is 4.97. The first-order valence-electron chi connectivity index (χ1n) is 8.68. The Hall–Kier alpha value is -1.06. The van der Waals surface area contributed by atoms with Gasteiger partial charge in [-0.05, 0) is 85.0 Å². The molecule has 0 unspecified atom stereocenters. The molecular weight excluding hydrogens is 276 g/mol. The van der Waals surface area contributed by atoms with Crippen LogP contribution in [0.15, 0.2) is 12.1 Å². The minimum Gasteiger partial charge on any atom is -0.508 e. The third-order valence-electron chi connectivity index (χ3n) is 7.04. The van der Waals surface area contributed by atoms with Gasteiger partial charge < -0.3 is 15.3 Å². The van der Waals surface area contributed by atoms with Crippen molar-refractivity contribution in [1.82, 2.24) is 0 Å². The number of fused-ring (bicyclic) bond motifs is 5. The van der Waals surface area contributed by atoms with E-state index in [0.717, 1.165) is 32.1 Å². The van der Waals surface area contributed by atoms with Gasteiger partial charge in [-0.3, -0.25) is 0 Å². The van der Waals surface area contributed by atoms with Crippen molar-refractivity contribution in [2.45, 2.75) is 64.1 Å². The van der Waals surface area contributed by atoms with Crippen molar-refractivity contribution in [1.29, 1.82) is 0 Å². The topological polar surface area (TPSA) is 60.7 Å². The summed E-state index contributed by atoms with van der Waals surface area (Å²) in [6, 6.07) is 3.91. The van der Waals surface area contributed by atoms with Crippen LogP contribution in [0, 0.1) is 17.3 Å². The minimum absolute atomic E-state index is 0.101. The van der Waals surface area contributed by atoms with Crippen LogP contribution in [0.4, 0.5) is 0 Å². The average molecular weight is 302 g/mol. The molecule has 3 N–H and O–H groups in total. The summed E-state index contributed by atoms with van der Waals surface area (Å²) in [5, 5.41) is 29.9. The number of rotatable bonds is 1. The molecule has 0 amide bonds. The van der Waals surface area contributed by atoms with Gasteiger partial charge in [0.25, 0.3) is 0 Å². The molecule has 22 heavy (non-hydrogen) atoms. The van der Waals surface area contributed by atoms with Gasteiger partial charge in [-0.1, -0.05) is 6.92 Å². The third-order valence-corrected chi connectivity index (χ3v) is 7.04. The second-order valence-corrected chi connectivity index (χ2v) is 7.89. The summed E-state index contributed by atoms with van der Waals surface area (Å²) in [5.74, 6) is 2.05. The Bertz CT molecular complexity index is 597. The molecule has 0 heterocycles. The summed E-state index contributed by atoms with van der Waals surface area (Å²) >= 11 is 0. The molecular formula is C19H26O3. The van der Waals surface area contributed by atoms with Gasteiger partial charge in [0, 0.05) is 5.56 Å². The fraction of sp³-hybridized carbons (Fsp3) is 0.684. The lowest BCUT2D eigenvalue weighted by atomic mass is 9.55. The Balaban J connectivity index is 1.72. The zero-order valence-electron chi connectivity index (χ0n) is 13.3. The van der Waals surface area contributed by atoms with E-state index in [0.29, 0.717) is 23.3 Å². The number of phenols is 1. The monoisotopic (exact) mass is 302 g/mol. The summed E-state index contributed by atoms with van der Waals surface area (Å²) in [6.45, 7) is 2.19. The SMILES string of the molecule is C[C@]12CC[C@@H]3c4cc(CO)c(O)cc4CC[C@H]3[C@@H]1CC[C@H]2O. The summed E-state index contributed by atoms with van der Waals surface area (Å²) in [5.41, 5.74) is 3.37. The molecule has 4 rings (SSSR count). The highest BCUT2D eigenvalue weighted by Crippen LogP contribution is 2.61. The predicted octanol–water partition coefficient (Wildman–Crippen LogP) is 3.10. The van der Waals surface area contributed by atoms with Crippen LogP contribution < -0.4 is 0 Å². The largest absolute Gasteiger partial charge is 0.508 e. The summed E-state index contributed by atoms with van der Waals surface area (Å²) < 4.78 is 0. The van der Waals surface area contributed by atoms with Crippen LogP contribution in [0.3, 0.4) is 0 Å². The number of aliphatic hydroxyl groups is 2. The van der Waals surface area contributed by atoms with Crippen molar-refractivity contribution in [3.8, 4) is 5.75 Å². The van der Waals surface area contributed by atoms with E-state index in [-0.39, 0.29) is 23.9 Å². The first kappa shape index (κ1) is 14.5. The van der Waals surface area contributed by atoms with Crippen molar-refractivity contribution >= 4 is 0 Å². The van der Waals surface area contributed by atoms with Crippen molar-refractivity contribution in [3.05, 3.63) is 28.8 Å². The van der Waals surface area contributed by atoms with Gasteiger partial charge in [0.1, 0.15) is 5.75 Å². The van der Waals surface area contributed by atoms with Crippen LogP contribution >= 0.6 is 0 Å². The lowest BCUT2D eigenvalue weighted by molar-refractivity contribution is -0.0226. The molecule has 5 atom stereocenters. The maximum atomic E-state index is 10.4. The lowest BCUT2D eigenvalue weighted by Crippen LogP contribution is -2.43. The van der Waals surface area contributed by atoms with Crippen molar-refractivity contribution in [3.63, 3.8) is 0 Å². The van der Waals surface area contributed by atoms with Gasteiger partial charge in [-0.2, -0.15) is 0 Å². The molecule has 0 aromatic heterocycles. The maximum absolute atomic E-state index is 10.4. The molecule has 0 spiro atoms. The first-order chi connectivity index (χ1) is 10.5. The molecule has 3 aliphatic carbocycles. The van der Waals surface area contributed by atoms with Gasteiger partial charge in [0.15, 0.2) is 0 Å². The molecule has 0 bridgehead atoms. The van der Waals surface area contributed by atoms with Crippen LogP contribution in [0.5, 0.6) is 5.75 Å². The molecule has 120 valence electrons. The van der Waals surface area contributed by atoms with E-state index in [1.54, 1.807) is 0 Å². The molecule has 3 aliphatic rings. The highest BCUT2D eigenvalue weighted by atomic mass is 16.3. The van der Waals surface area contributed by atoms with E-state index in [2.05, 4.69) is 6.92 Å². The molecule has 1 aromatic rings. The second-order valence-electron chi connectivity index (χ2n) is 7.89. The maximum Gasteiger partial charge on any atom is 0.121 e. The third kappa shape index (κ3) is 1.88. The first-order valence-corrected chi connectivity index (χ1v) is 8.68. The zero-order valence-corrected chi connectivity index (χ0v) is 13.3. The number of aromatic hydroxyl groups is 1.